The van der Waals surface area contributed by atoms with Crippen LogP contribution >= 0.6 is 34.7 Å². The SMILES string of the molecule is COc1ccc(C(Cl)c2cc3c(s2)CCSC3)cc1F. The summed E-state index contributed by atoms with van der Waals surface area (Å²) in [6.45, 7) is 0. The third-order valence-electron chi connectivity index (χ3n) is 3.37. The second kappa shape index (κ2) is 5.96. The van der Waals surface area contributed by atoms with Gasteiger partial charge in [-0.1, -0.05) is 6.07 Å². The topological polar surface area (TPSA) is 9.23 Å². The van der Waals surface area contributed by atoms with E-state index in [1.807, 2.05) is 17.8 Å². The minimum Gasteiger partial charge on any atom is -0.494 e. The highest BCUT2D eigenvalue weighted by atomic mass is 35.5. The van der Waals surface area contributed by atoms with Crippen molar-refractivity contribution in [1.82, 2.24) is 0 Å². The molecular weight excluding hydrogens is 315 g/mol. The van der Waals surface area contributed by atoms with E-state index in [4.69, 9.17) is 16.3 Å². The molecule has 20 heavy (non-hydrogen) atoms. The van der Waals surface area contributed by atoms with Crippen molar-refractivity contribution in [3.8, 4) is 5.75 Å². The highest BCUT2D eigenvalue weighted by molar-refractivity contribution is 7.98. The molecule has 1 aromatic heterocycles. The van der Waals surface area contributed by atoms with E-state index in [2.05, 4.69) is 6.07 Å². The van der Waals surface area contributed by atoms with Crippen molar-refractivity contribution < 1.29 is 9.13 Å². The molecule has 1 aliphatic rings. The van der Waals surface area contributed by atoms with E-state index in [9.17, 15) is 4.39 Å². The van der Waals surface area contributed by atoms with Crippen LogP contribution in [0.5, 0.6) is 5.75 Å². The zero-order valence-electron chi connectivity index (χ0n) is 11.0. The number of rotatable bonds is 3. The lowest BCUT2D eigenvalue weighted by Gasteiger charge is -2.09. The first-order valence-corrected chi connectivity index (χ1v) is 8.76. The highest BCUT2D eigenvalue weighted by Gasteiger charge is 2.20. The Kier molecular flexibility index (Phi) is 4.24. The van der Waals surface area contributed by atoms with Gasteiger partial charge in [-0.2, -0.15) is 11.8 Å². The first kappa shape index (κ1) is 14.2. The van der Waals surface area contributed by atoms with E-state index >= 15 is 0 Å². The van der Waals surface area contributed by atoms with E-state index in [-0.39, 0.29) is 16.9 Å². The van der Waals surface area contributed by atoms with Crippen molar-refractivity contribution in [3.05, 3.63) is 51.0 Å². The maximum atomic E-state index is 13.8. The summed E-state index contributed by atoms with van der Waals surface area (Å²) in [7, 11) is 1.46. The fourth-order valence-corrected chi connectivity index (χ4v) is 5.01. The molecule has 1 nitrogen and oxygen atoms in total. The summed E-state index contributed by atoms with van der Waals surface area (Å²) in [5.41, 5.74) is 2.16. The number of halogens is 2. The number of methoxy groups -OCH3 is 1. The van der Waals surface area contributed by atoms with Crippen LogP contribution in [0.2, 0.25) is 0 Å². The number of aryl methyl sites for hydroxylation is 1. The van der Waals surface area contributed by atoms with Gasteiger partial charge in [-0.15, -0.1) is 22.9 Å². The van der Waals surface area contributed by atoms with Gasteiger partial charge in [0, 0.05) is 15.5 Å². The number of alkyl halides is 1. The number of hydrogen-bond acceptors (Lipinski definition) is 3. The molecule has 2 heterocycles. The van der Waals surface area contributed by atoms with Crippen LogP contribution in [-0.4, -0.2) is 12.9 Å². The van der Waals surface area contributed by atoms with E-state index < -0.39 is 0 Å². The zero-order chi connectivity index (χ0) is 14.1. The fourth-order valence-electron chi connectivity index (χ4n) is 2.30. The monoisotopic (exact) mass is 328 g/mol. The van der Waals surface area contributed by atoms with Gasteiger partial charge in [-0.25, -0.2) is 4.39 Å². The Labute approximate surface area is 131 Å². The molecule has 1 atom stereocenters. The van der Waals surface area contributed by atoms with Crippen LogP contribution in [0.25, 0.3) is 0 Å². The average molecular weight is 329 g/mol. The Morgan fingerprint density at radius 3 is 2.90 bits per heavy atom. The molecule has 3 rings (SSSR count). The lowest BCUT2D eigenvalue weighted by molar-refractivity contribution is 0.386. The largest absolute Gasteiger partial charge is 0.494 e. The molecule has 1 unspecified atom stereocenters. The maximum Gasteiger partial charge on any atom is 0.165 e. The average Bonchev–Trinajstić information content (AvgIpc) is 2.90. The van der Waals surface area contributed by atoms with Crippen LogP contribution in [0.3, 0.4) is 0 Å². The Bertz CT molecular complexity index is 603. The Morgan fingerprint density at radius 2 is 2.20 bits per heavy atom. The first-order valence-electron chi connectivity index (χ1n) is 6.36. The molecule has 0 spiro atoms. The first-order chi connectivity index (χ1) is 9.69. The molecule has 0 radical (unpaired) electrons. The summed E-state index contributed by atoms with van der Waals surface area (Å²) >= 11 is 10.2. The molecule has 0 aliphatic carbocycles. The lowest BCUT2D eigenvalue weighted by Crippen LogP contribution is -1.96. The second-order valence-electron chi connectivity index (χ2n) is 4.66. The summed E-state index contributed by atoms with van der Waals surface area (Å²) in [6.07, 6.45) is 1.12. The maximum absolute atomic E-state index is 13.8. The summed E-state index contributed by atoms with van der Waals surface area (Å²) < 4.78 is 18.7. The molecule has 0 bridgehead atoms. The molecule has 2 aromatic rings. The molecule has 0 amide bonds. The van der Waals surface area contributed by atoms with Crippen LogP contribution in [0.15, 0.2) is 24.3 Å². The molecule has 0 N–H and O–H groups in total. The molecule has 0 fully saturated rings. The Hall–Kier alpha value is -0.710. The number of benzene rings is 1. The molecule has 0 saturated heterocycles. The third-order valence-corrected chi connectivity index (χ3v) is 6.29. The van der Waals surface area contributed by atoms with E-state index in [0.29, 0.717) is 0 Å². The Balaban J connectivity index is 1.90. The van der Waals surface area contributed by atoms with E-state index in [1.54, 1.807) is 17.4 Å². The number of thioether (sulfide) groups is 1. The van der Waals surface area contributed by atoms with Gasteiger partial charge in [-0.05, 0) is 41.5 Å². The van der Waals surface area contributed by atoms with Gasteiger partial charge in [-0.3, -0.25) is 0 Å². The van der Waals surface area contributed by atoms with Gasteiger partial charge in [0.15, 0.2) is 11.6 Å². The van der Waals surface area contributed by atoms with Crippen LogP contribution in [0.4, 0.5) is 4.39 Å². The number of thiophene rings is 1. The van der Waals surface area contributed by atoms with Gasteiger partial charge < -0.3 is 4.74 Å². The highest BCUT2D eigenvalue weighted by Crippen LogP contribution is 2.39. The van der Waals surface area contributed by atoms with Crippen LogP contribution in [0, 0.1) is 5.82 Å². The summed E-state index contributed by atoms with van der Waals surface area (Å²) in [6, 6.07) is 7.09. The molecule has 1 aromatic carbocycles. The van der Waals surface area contributed by atoms with Crippen molar-refractivity contribution in [2.45, 2.75) is 17.6 Å². The number of hydrogen-bond donors (Lipinski definition) is 0. The van der Waals surface area contributed by atoms with Gasteiger partial charge in [0.1, 0.15) is 0 Å². The third kappa shape index (κ3) is 2.69. The molecule has 0 saturated carbocycles. The molecule has 5 heteroatoms. The lowest BCUT2D eigenvalue weighted by atomic mass is 10.1. The van der Waals surface area contributed by atoms with Crippen molar-refractivity contribution in [1.29, 1.82) is 0 Å². The molecular formula is C15H14ClFOS2. The zero-order valence-corrected chi connectivity index (χ0v) is 13.4. The van der Waals surface area contributed by atoms with Crippen LogP contribution in [0.1, 0.15) is 26.3 Å². The Morgan fingerprint density at radius 1 is 1.35 bits per heavy atom. The smallest absolute Gasteiger partial charge is 0.165 e. The predicted molar refractivity (Wildman–Crippen MR) is 84.8 cm³/mol. The standard InChI is InChI=1S/C15H14ClFOS2/c1-18-12-3-2-9(6-11(12)17)15(16)14-7-10-8-19-5-4-13(10)20-14/h2-3,6-7,15H,4-5,8H2,1H3. The second-order valence-corrected chi connectivity index (χ2v) is 7.37. The van der Waals surface area contributed by atoms with E-state index in [0.717, 1.165) is 22.6 Å². The minimum atomic E-state index is -0.368. The fraction of sp³-hybridized carbons (Fsp3) is 0.333. The quantitative estimate of drug-likeness (QED) is 0.732. The number of ether oxygens (including phenoxy) is 1. The van der Waals surface area contributed by atoms with Gasteiger partial charge in [0.25, 0.3) is 0 Å². The molecule has 1 aliphatic heterocycles. The normalized spacial score (nSPS) is 15.8. The van der Waals surface area contributed by atoms with Gasteiger partial charge >= 0.3 is 0 Å². The summed E-state index contributed by atoms with van der Waals surface area (Å²) in [5.74, 6) is 2.12. The minimum absolute atomic E-state index is 0.250. The predicted octanol–water partition coefficient (Wildman–Crippen LogP) is 5.01. The van der Waals surface area contributed by atoms with E-state index in [1.165, 1.54) is 29.4 Å². The van der Waals surface area contributed by atoms with Gasteiger partial charge in [0.2, 0.25) is 0 Å². The van der Waals surface area contributed by atoms with Crippen LogP contribution < -0.4 is 4.74 Å². The van der Waals surface area contributed by atoms with Crippen molar-refractivity contribution >= 4 is 34.7 Å². The van der Waals surface area contributed by atoms with Crippen molar-refractivity contribution in [2.24, 2.45) is 0 Å². The number of fused-ring (bicyclic) bond motifs is 1. The van der Waals surface area contributed by atoms with Crippen LogP contribution in [-0.2, 0) is 12.2 Å². The van der Waals surface area contributed by atoms with Gasteiger partial charge in [0.05, 0.1) is 12.5 Å². The summed E-state index contributed by atoms with van der Waals surface area (Å²) in [5, 5.41) is -0.295. The molecule has 106 valence electrons. The van der Waals surface area contributed by atoms with Crippen molar-refractivity contribution in [2.75, 3.05) is 12.9 Å². The summed E-state index contributed by atoms with van der Waals surface area (Å²) in [4.78, 5) is 2.53. The van der Waals surface area contributed by atoms with Crippen molar-refractivity contribution in [3.63, 3.8) is 0 Å².